The van der Waals surface area contributed by atoms with Crippen molar-refractivity contribution in [3.8, 4) is 5.75 Å². The van der Waals surface area contributed by atoms with Crippen molar-refractivity contribution in [2.24, 2.45) is 0 Å². The normalized spacial score (nSPS) is 10.9. The van der Waals surface area contributed by atoms with Crippen molar-refractivity contribution in [2.75, 3.05) is 11.5 Å². The summed E-state index contributed by atoms with van der Waals surface area (Å²) in [6, 6.07) is 22.1. The average Bonchev–Trinajstić information content (AvgIpc) is 3.18. The number of anilines is 1. The second-order valence-corrected chi connectivity index (χ2v) is 8.65. The minimum absolute atomic E-state index is 0.0291. The molecule has 0 unspecified atom stereocenters. The number of carbonyl (C=O) groups is 1. The third-order valence-corrected chi connectivity index (χ3v) is 6.15. The van der Waals surface area contributed by atoms with Crippen molar-refractivity contribution in [1.82, 2.24) is 4.98 Å². The maximum atomic E-state index is 13.4. The Kier molecular flexibility index (Phi) is 6.33. The van der Waals surface area contributed by atoms with Crippen LogP contribution in [0.4, 0.5) is 5.13 Å². The molecule has 4 rings (SSSR count). The number of fused-ring (bicyclic) bond motifs is 1. The van der Waals surface area contributed by atoms with Gasteiger partial charge in [-0.3, -0.25) is 9.69 Å². The summed E-state index contributed by atoms with van der Waals surface area (Å²) in [5.74, 6) is 0.846. The van der Waals surface area contributed by atoms with E-state index in [1.165, 1.54) is 5.56 Å². The van der Waals surface area contributed by atoms with Crippen LogP contribution in [0.1, 0.15) is 29.2 Å². The standard InChI is InChI=1S/C26H26N2O2S/c1-4-30-22-12-10-20(11-13-22)16-24(29)28(17-21-8-6-5-7-9-21)26-27-25-19(3)14-18(2)15-23(25)31-26/h5-15H,4,16-17H2,1-3H3. The fourth-order valence-electron chi connectivity index (χ4n) is 3.64. The number of benzene rings is 3. The Morgan fingerprint density at radius 1 is 1.00 bits per heavy atom. The van der Waals surface area contributed by atoms with Gasteiger partial charge in [-0.15, -0.1) is 0 Å². The third-order valence-electron chi connectivity index (χ3n) is 5.12. The molecule has 5 heteroatoms. The van der Waals surface area contributed by atoms with Crippen LogP contribution < -0.4 is 9.64 Å². The zero-order valence-corrected chi connectivity index (χ0v) is 18.9. The summed E-state index contributed by atoms with van der Waals surface area (Å²) in [5, 5.41) is 0.739. The fraction of sp³-hybridized carbons (Fsp3) is 0.231. The Morgan fingerprint density at radius 2 is 1.74 bits per heavy atom. The van der Waals surface area contributed by atoms with Crippen molar-refractivity contribution in [3.63, 3.8) is 0 Å². The molecule has 0 aliphatic heterocycles. The first-order chi connectivity index (χ1) is 15.0. The summed E-state index contributed by atoms with van der Waals surface area (Å²) < 4.78 is 6.62. The Balaban J connectivity index is 1.65. The van der Waals surface area contributed by atoms with E-state index >= 15 is 0 Å². The van der Waals surface area contributed by atoms with Gasteiger partial charge in [0.05, 0.1) is 29.8 Å². The zero-order valence-electron chi connectivity index (χ0n) is 18.1. The van der Waals surface area contributed by atoms with E-state index in [-0.39, 0.29) is 5.91 Å². The number of aromatic nitrogens is 1. The molecule has 0 bridgehead atoms. The SMILES string of the molecule is CCOc1ccc(CC(=O)N(Cc2ccccc2)c2nc3c(C)cc(C)cc3s2)cc1. The Labute approximate surface area is 187 Å². The van der Waals surface area contributed by atoms with Gasteiger partial charge in [0.2, 0.25) is 5.91 Å². The number of rotatable bonds is 7. The molecule has 0 fully saturated rings. The number of thiazole rings is 1. The summed E-state index contributed by atoms with van der Waals surface area (Å²) in [7, 11) is 0. The Bertz CT molecular complexity index is 1180. The van der Waals surface area contributed by atoms with Crippen LogP contribution in [-0.2, 0) is 17.8 Å². The molecule has 1 amide bonds. The van der Waals surface area contributed by atoms with E-state index in [0.29, 0.717) is 19.6 Å². The molecule has 0 aliphatic carbocycles. The highest BCUT2D eigenvalue weighted by atomic mass is 32.1. The first kappa shape index (κ1) is 21.1. The van der Waals surface area contributed by atoms with Crippen LogP contribution >= 0.6 is 11.3 Å². The van der Waals surface area contributed by atoms with Gasteiger partial charge in [-0.1, -0.05) is 59.9 Å². The predicted octanol–water partition coefficient (Wildman–Crippen LogP) is 6.09. The quantitative estimate of drug-likeness (QED) is 0.356. The predicted molar refractivity (Wildman–Crippen MR) is 128 cm³/mol. The number of hydrogen-bond acceptors (Lipinski definition) is 4. The monoisotopic (exact) mass is 430 g/mol. The van der Waals surface area contributed by atoms with Crippen LogP contribution in [0.15, 0.2) is 66.7 Å². The van der Waals surface area contributed by atoms with E-state index < -0.39 is 0 Å². The summed E-state index contributed by atoms with van der Waals surface area (Å²) in [4.78, 5) is 20.1. The lowest BCUT2D eigenvalue weighted by molar-refractivity contribution is -0.118. The summed E-state index contributed by atoms with van der Waals surface area (Å²) in [6.07, 6.45) is 0.313. The summed E-state index contributed by atoms with van der Waals surface area (Å²) in [5.41, 5.74) is 5.35. The van der Waals surface area contributed by atoms with Gasteiger partial charge >= 0.3 is 0 Å². The number of aryl methyl sites for hydroxylation is 2. The van der Waals surface area contributed by atoms with Gasteiger partial charge in [0.25, 0.3) is 0 Å². The molecular formula is C26H26N2O2S. The van der Waals surface area contributed by atoms with E-state index in [4.69, 9.17) is 9.72 Å². The maximum Gasteiger partial charge on any atom is 0.233 e. The molecule has 0 N–H and O–H groups in total. The number of ether oxygens (including phenoxy) is 1. The summed E-state index contributed by atoms with van der Waals surface area (Å²) >= 11 is 1.57. The molecule has 4 nitrogen and oxygen atoms in total. The lowest BCUT2D eigenvalue weighted by Crippen LogP contribution is -2.31. The molecule has 0 atom stereocenters. The first-order valence-corrected chi connectivity index (χ1v) is 11.3. The highest BCUT2D eigenvalue weighted by Crippen LogP contribution is 2.33. The zero-order chi connectivity index (χ0) is 21.8. The first-order valence-electron chi connectivity index (χ1n) is 10.5. The summed E-state index contributed by atoms with van der Waals surface area (Å²) in [6.45, 7) is 7.24. The van der Waals surface area contributed by atoms with Crippen molar-refractivity contribution >= 4 is 32.6 Å². The van der Waals surface area contributed by atoms with Gasteiger partial charge in [-0.2, -0.15) is 0 Å². The molecule has 0 radical (unpaired) electrons. The van der Waals surface area contributed by atoms with Gasteiger partial charge in [-0.25, -0.2) is 4.98 Å². The maximum absolute atomic E-state index is 13.4. The van der Waals surface area contributed by atoms with Gasteiger partial charge < -0.3 is 4.74 Å². The van der Waals surface area contributed by atoms with Crippen LogP contribution in [0.25, 0.3) is 10.2 Å². The number of nitrogens with zero attached hydrogens (tertiary/aromatic N) is 2. The Morgan fingerprint density at radius 3 is 2.45 bits per heavy atom. The molecule has 0 aliphatic rings. The number of hydrogen-bond donors (Lipinski definition) is 0. The minimum atomic E-state index is 0.0291. The molecule has 3 aromatic carbocycles. The topological polar surface area (TPSA) is 42.4 Å². The molecule has 1 aromatic heterocycles. The molecule has 158 valence electrons. The van der Waals surface area contributed by atoms with Crippen molar-refractivity contribution in [2.45, 2.75) is 33.7 Å². The molecule has 0 spiro atoms. The van der Waals surface area contributed by atoms with E-state index in [1.807, 2.05) is 66.4 Å². The highest BCUT2D eigenvalue weighted by Gasteiger charge is 2.21. The van der Waals surface area contributed by atoms with Gasteiger partial charge in [-0.05, 0) is 61.2 Å². The number of carbonyl (C=O) groups excluding carboxylic acids is 1. The van der Waals surface area contributed by atoms with Crippen LogP contribution in [0.2, 0.25) is 0 Å². The largest absolute Gasteiger partial charge is 0.494 e. The van der Waals surface area contributed by atoms with E-state index in [1.54, 1.807) is 11.3 Å². The fourth-order valence-corrected chi connectivity index (χ4v) is 4.80. The van der Waals surface area contributed by atoms with Crippen molar-refractivity contribution < 1.29 is 9.53 Å². The molecule has 4 aromatic rings. The molecular weight excluding hydrogens is 404 g/mol. The van der Waals surface area contributed by atoms with Crippen LogP contribution in [0, 0.1) is 13.8 Å². The van der Waals surface area contributed by atoms with Gasteiger partial charge in [0.15, 0.2) is 5.13 Å². The minimum Gasteiger partial charge on any atom is -0.494 e. The molecule has 31 heavy (non-hydrogen) atoms. The van der Waals surface area contributed by atoms with Gasteiger partial charge in [0.1, 0.15) is 5.75 Å². The van der Waals surface area contributed by atoms with E-state index in [2.05, 4.69) is 26.0 Å². The lowest BCUT2D eigenvalue weighted by Gasteiger charge is -2.20. The molecule has 1 heterocycles. The second kappa shape index (κ2) is 9.31. The highest BCUT2D eigenvalue weighted by molar-refractivity contribution is 7.22. The van der Waals surface area contributed by atoms with E-state index in [0.717, 1.165) is 37.8 Å². The second-order valence-electron chi connectivity index (χ2n) is 7.64. The molecule has 0 saturated carbocycles. The third kappa shape index (κ3) is 4.94. The lowest BCUT2D eigenvalue weighted by atomic mass is 10.1. The molecule has 0 saturated heterocycles. The van der Waals surface area contributed by atoms with Crippen molar-refractivity contribution in [1.29, 1.82) is 0 Å². The smallest absolute Gasteiger partial charge is 0.233 e. The average molecular weight is 431 g/mol. The number of amides is 1. The van der Waals surface area contributed by atoms with Crippen LogP contribution in [0.3, 0.4) is 0 Å². The van der Waals surface area contributed by atoms with Crippen molar-refractivity contribution in [3.05, 3.63) is 89.0 Å². The Hall–Kier alpha value is -3.18. The van der Waals surface area contributed by atoms with Gasteiger partial charge in [0, 0.05) is 0 Å². The van der Waals surface area contributed by atoms with Crippen LogP contribution in [0.5, 0.6) is 5.75 Å². The van der Waals surface area contributed by atoms with E-state index in [9.17, 15) is 4.79 Å². The van der Waals surface area contributed by atoms with Crippen LogP contribution in [-0.4, -0.2) is 17.5 Å².